The minimum atomic E-state index is -0.901. The summed E-state index contributed by atoms with van der Waals surface area (Å²) in [5.74, 6) is -0.885. The summed E-state index contributed by atoms with van der Waals surface area (Å²) in [6, 6.07) is 13.4. The first-order chi connectivity index (χ1) is 21.6. The van der Waals surface area contributed by atoms with Crippen LogP contribution < -0.4 is 10.1 Å². The Hall–Kier alpha value is -3.97. The van der Waals surface area contributed by atoms with Gasteiger partial charge in [-0.05, 0) is 54.5 Å². The molecule has 0 saturated heterocycles. The van der Waals surface area contributed by atoms with Gasteiger partial charge < -0.3 is 34.9 Å². The predicted octanol–water partition coefficient (Wildman–Crippen LogP) is 3.68. The monoisotopic (exact) mass is 646 g/mol. The first kappa shape index (κ1) is 35.5. The zero-order chi connectivity index (χ0) is 32.6. The molecular formula is C32H39ClN2O10. The van der Waals surface area contributed by atoms with Crippen LogP contribution in [0.3, 0.4) is 0 Å². The van der Waals surface area contributed by atoms with E-state index in [1.807, 2.05) is 12.2 Å². The molecule has 244 valence electrons. The molecule has 0 heterocycles. The lowest BCUT2D eigenvalue weighted by Gasteiger charge is -2.19. The second kappa shape index (κ2) is 18.7. The molecule has 1 fully saturated rings. The van der Waals surface area contributed by atoms with Crippen LogP contribution in [0.4, 0.5) is 0 Å². The molecule has 1 aliphatic carbocycles. The Kier molecular flexibility index (Phi) is 14.8. The van der Waals surface area contributed by atoms with Crippen molar-refractivity contribution in [3.8, 4) is 5.75 Å². The number of rotatable bonds is 18. The molecule has 1 amide bonds. The molecule has 3 rings (SSSR count). The van der Waals surface area contributed by atoms with Crippen LogP contribution >= 0.6 is 11.6 Å². The van der Waals surface area contributed by atoms with E-state index in [9.17, 15) is 35.0 Å². The van der Waals surface area contributed by atoms with Crippen LogP contribution in [0.1, 0.15) is 43.2 Å². The SMILES string of the molecule is O=C(CCCC=CC[C@@H]1[C@@H](C=C[C@@H](O)COc2cccc(Cl)c2)[C@H](O)C[C@@H]1O)NCC(=O)OCc1ccc(CO[N+](=O)[O-])cc1. The number of aliphatic hydroxyl groups excluding tert-OH is 3. The standard InChI is InChI=1S/C32H39ClN2O10/c33-24-6-5-7-26(16-24)43-21-25(36)14-15-28-27(29(37)17-30(28)38)8-3-1-2-4-9-31(39)34-18-32(40)44-19-22-10-12-23(13-11-22)20-45-35(41)42/h1,3,5-7,10-16,25,27-30,36-38H,2,4,8-9,17-21H2,(H,34,39)/t25-,27-,28-,29+,30-/m1/s1. The Labute approximate surface area is 266 Å². The lowest BCUT2D eigenvalue weighted by atomic mass is 9.89. The number of esters is 1. The third-order valence-electron chi connectivity index (χ3n) is 7.23. The van der Waals surface area contributed by atoms with Gasteiger partial charge in [-0.2, -0.15) is 0 Å². The Morgan fingerprint density at radius 3 is 2.53 bits per heavy atom. The Bertz CT molecular complexity index is 1300. The summed E-state index contributed by atoms with van der Waals surface area (Å²) >= 11 is 5.94. The van der Waals surface area contributed by atoms with Gasteiger partial charge in [0, 0.05) is 23.8 Å². The number of hydrogen-bond donors (Lipinski definition) is 4. The average molecular weight is 647 g/mol. The maximum absolute atomic E-state index is 12.1. The van der Waals surface area contributed by atoms with E-state index >= 15 is 0 Å². The first-order valence-corrected chi connectivity index (χ1v) is 15.0. The summed E-state index contributed by atoms with van der Waals surface area (Å²) in [6.45, 7) is -0.417. The summed E-state index contributed by atoms with van der Waals surface area (Å²) in [4.78, 5) is 38.6. The van der Waals surface area contributed by atoms with Crippen LogP contribution in [0.2, 0.25) is 5.02 Å². The summed E-state index contributed by atoms with van der Waals surface area (Å²) in [5, 5.41) is 43.6. The highest BCUT2D eigenvalue weighted by Crippen LogP contribution is 2.36. The predicted molar refractivity (Wildman–Crippen MR) is 164 cm³/mol. The number of nitrogens with zero attached hydrogens (tertiary/aromatic N) is 1. The van der Waals surface area contributed by atoms with Crippen LogP contribution in [0, 0.1) is 22.0 Å². The molecule has 45 heavy (non-hydrogen) atoms. The van der Waals surface area contributed by atoms with Crippen LogP contribution in [-0.4, -0.2) is 63.7 Å². The molecule has 13 heteroatoms. The third-order valence-corrected chi connectivity index (χ3v) is 7.46. The molecule has 0 radical (unpaired) electrons. The zero-order valence-corrected chi connectivity index (χ0v) is 25.5. The molecule has 2 aromatic carbocycles. The maximum Gasteiger partial charge on any atom is 0.325 e. The normalized spacial score (nSPS) is 20.3. The van der Waals surface area contributed by atoms with Gasteiger partial charge in [-0.1, -0.05) is 66.2 Å². The van der Waals surface area contributed by atoms with Crippen molar-refractivity contribution in [3.63, 3.8) is 0 Å². The lowest BCUT2D eigenvalue weighted by Crippen LogP contribution is -2.30. The van der Waals surface area contributed by atoms with Crippen molar-refractivity contribution < 1.29 is 44.3 Å². The topological polar surface area (TPSA) is 178 Å². The van der Waals surface area contributed by atoms with Gasteiger partial charge in [-0.15, -0.1) is 10.1 Å². The van der Waals surface area contributed by atoms with Gasteiger partial charge in [-0.25, -0.2) is 0 Å². The number of ether oxygens (including phenoxy) is 2. The number of halogens is 1. The second-order valence-electron chi connectivity index (χ2n) is 10.7. The van der Waals surface area contributed by atoms with Crippen LogP contribution in [-0.2, 0) is 32.4 Å². The van der Waals surface area contributed by atoms with Crippen LogP contribution in [0.15, 0.2) is 72.8 Å². The molecule has 0 spiro atoms. The van der Waals surface area contributed by atoms with Gasteiger partial charge in [0.15, 0.2) is 0 Å². The van der Waals surface area contributed by atoms with Gasteiger partial charge in [0.2, 0.25) is 5.91 Å². The van der Waals surface area contributed by atoms with E-state index in [0.717, 1.165) is 0 Å². The summed E-state index contributed by atoms with van der Waals surface area (Å²) in [5.41, 5.74) is 1.29. The van der Waals surface area contributed by atoms with Crippen molar-refractivity contribution in [2.24, 2.45) is 11.8 Å². The molecule has 0 aliphatic heterocycles. The Balaban J connectivity index is 1.29. The van der Waals surface area contributed by atoms with Crippen molar-refractivity contribution in [1.29, 1.82) is 0 Å². The van der Waals surface area contributed by atoms with Gasteiger partial charge in [0.05, 0.1) is 12.2 Å². The number of aliphatic hydroxyl groups is 3. The minimum absolute atomic E-state index is 0.00177. The molecule has 1 saturated carbocycles. The summed E-state index contributed by atoms with van der Waals surface area (Å²) in [7, 11) is 0. The highest BCUT2D eigenvalue weighted by atomic mass is 35.5. The number of carbonyl (C=O) groups is 2. The van der Waals surface area contributed by atoms with Gasteiger partial charge >= 0.3 is 5.97 Å². The highest BCUT2D eigenvalue weighted by molar-refractivity contribution is 6.30. The largest absolute Gasteiger partial charge is 0.491 e. The van der Waals surface area contributed by atoms with Crippen molar-refractivity contribution in [3.05, 3.63) is 99.1 Å². The fraction of sp³-hybridized carbons (Fsp3) is 0.438. The van der Waals surface area contributed by atoms with Gasteiger partial charge in [-0.3, -0.25) is 9.59 Å². The number of amides is 1. The first-order valence-electron chi connectivity index (χ1n) is 14.6. The molecule has 4 N–H and O–H groups in total. The smallest absolute Gasteiger partial charge is 0.325 e. The van der Waals surface area contributed by atoms with Gasteiger partial charge in [0.1, 0.15) is 38.2 Å². The Morgan fingerprint density at radius 1 is 1.09 bits per heavy atom. The third kappa shape index (κ3) is 13.3. The molecule has 0 aromatic heterocycles. The summed E-state index contributed by atoms with van der Waals surface area (Å²) in [6.07, 6.45) is 6.99. The highest BCUT2D eigenvalue weighted by Gasteiger charge is 2.39. The van der Waals surface area contributed by atoms with Crippen molar-refractivity contribution in [1.82, 2.24) is 5.32 Å². The lowest BCUT2D eigenvalue weighted by molar-refractivity contribution is -0.763. The fourth-order valence-corrected chi connectivity index (χ4v) is 5.02. The van der Waals surface area contributed by atoms with E-state index in [2.05, 4.69) is 10.2 Å². The average Bonchev–Trinajstić information content (AvgIpc) is 3.29. The molecular weight excluding hydrogens is 608 g/mol. The molecule has 12 nitrogen and oxygen atoms in total. The van der Waals surface area contributed by atoms with E-state index in [0.29, 0.717) is 41.2 Å². The van der Waals surface area contributed by atoms with E-state index in [4.69, 9.17) is 21.1 Å². The maximum atomic E-state index is 12.1. The second-order valence-corrected chi connectivity index (χ2v) is 11.1. The van der Waals surface area contributed by atoms with E-state index in [1.165, 1.54) is 0 Å². The number of benzene rings is 2. The zero-order valence-electron chi connectivity index (χ0n) is 24.7. The molecule has 0 bridgehead atoms. The minimum Gasteiger partial charge on any atom is -0.491 e. The number of allylic oxidation sites excluding steroid dienone is 2. The Morgan fingerprint density at radius 2 is 1.82 bits per heavy atom. The van der Waals surface area contributed by atoms with Crippen LogP contribution in [0.25, 0.3) is 0 Å². The number of carbonyl (C=O) groups excluding carboxylic acids is 2. The van der Waals surface area contributed by atoms with Gasteiger partial charge in [0.25, 0.3) is 5.09 Å². The molecule has 5 atom stereocenters. The van der Waals surface area contributed by atoms with Crippen LogP contribution in [0.5, 0.6) is 5.75 Å². The molecule has 2 aromatic rings. The number of hydrogen-bond acceptors (Lipinski definition) is 10. The number of nitrogens with one attached hydrogen (secondary N) is 1. The number of unbranched alkanes of at least 4 members (excludes halogenated alkanes) is 1. The summed E-state index contributed by atoms with van der Waals surface area (Å²) < 4.78 is 10.7. The van der Waals surface area contributed by atoms with E-state index < -0.39 is 29.4 Å². The van der Waals surface area contributed by atoms with E-state index in [1.54, 1.807) is 60.7 Å². The van der Waals surface area contributed by atoms with Crippen molar-refractivity contribution in [2.45, 2.75) is 63.6 Å². The molecule has 1 aliphatic rings. The molecule has 0 unspecified atom stereocenters. The quantitative estimate of drug-likeness (QED) is 0.0614. The van der Waals surface area contributed by atoms with Crippen molar-refractivity contribution >= 4 is 23.5 Å². The fourth-order valence-electron chi connectivity index (χ4n) is 4.84. The van der Waals surface area contributed by atoms with E-state index in [-0.39, 0.29) is 57.0 Å². The van der Waals surface area contributed by atoms with Crippen molar-refractivity contribution in [2.75, 3.05) is 13.2 Å².